The molecule has 7 nitrogen and oxygen atoms in total. The van der Waals surface area contributed by atoms with E-state index in [1.54, 1.807) is 6.07 Å². The zero-order valence-electron chi connectivity index (χ0n) is 11.6. The fourth-order valence-electron chi connectivity index (χ4n) is 2.47. The molecule has 1 saturated carbocycles. The largest absolute Gasteiger partial charge is 0.378 e. The Labute approximate surface area is 122 Å². The van der Waals surface area contributed by atoms with Crippen LogP contribution in [0.2, 0.25) is 0 Å². The first-order valence-electron chi connectivity index (χ1n) is 7.22. The SMILES string of the molecule is O=C1CCc2cc(NCCNC3CC3)c([N+](=O)[O-])cc2N1. The number of amides is 1. The molecule has 3 rings (SSSR count). The average Bonchev–Trinajstić information content (AvgIpc) is 3.27. The first-order valence-corrected chi connectivity index (χ1v) is 7.22. The number of hydrogen-bond donors (Lipinski definition) is 3. The Bertz CT molecular complexity index is 584. The predicted octanol–water partition coefficient (Wildman–Crippen LogP) is 1.64. The number of carbonyl (C=O) groups is 1. The van der Waals surface area contributed by atoms with Crippen LogP contribution in [-0.4, -0.2) is 30.0 Å². The second kappa shape index (κ2) is 5.69. The van der Waals surface area contributed by atoms with Crippen molar-refractivity contribution in [3.05, 3.63) is 27.8 Å². The van der Waals surface area contributed by atoms with Crippen molar-refractivity contribution in [1.82, 2.24) is 5.32 Å². The molecule has 1 aromatic carbocycles. The van der Waals surface area contributed by atoms with Crippen molar-refractivity contribution in [1.29, 1.82) is 0 Å². The maximum absolute atomic E-state index is 11.4. The lowest BCUT2D eigenvalue weighted by Gasteiger charge is -2.18. The van der Waals surface area contributed by atoms with E-state index in [4.69, 9.17) is 0 Å². The van der Waals surface area contributed by atoms with Crippen molar-refractivity contribution in [2.45, 2.75) is 31.7 Å². The van der Waals surface area contributed by atoms with Crippen LogP contribution in [0.25, 0.3) is 0 Å². The summed E-state index contributed by atoms with van der Waals surface area (Å²) in [5.41, 5.74) is 2.02. The number of aryl methyl sites for hydroxylation is 1. The Morgan fingerprint density at radius 1 is 1.29 bits per heavy atom. The third-order valence-electron chi connectivity index (χ3n) is 3.76. The minimum Gasteiger partial charge on any atom is -0.378 e. The molecule has 2 aliphatic rings. The zero-order valence-corrected chi connectivity index (χ0v) is 11.6. The third kappa shape index (κ3) is 3.30. The highest BCUT2D eigenvalue weighted by Crippen LogP contribution is 2.34. The Kier molecular flexibility index (Phi) is 3.74. The van der Waals surface area contributed by atoms with Crippen LogP contribution >= 0.6 is 0 Å². The number of nitro benzene ring substituents is 1. The number of nitrogens with one attached hydrogen (secondary N) is 3. The topological polar surface area (TPSA) is 96.3 Å². The van der Waals surface area contributed by atoms with Gasteiger partial charge in [0.2, 0.25) is 5.91 Å². The molecule has 7 heteroatoms. The molecule has 1 fully saturated rings. The van der Waals surface area contributed by atoms with Crippen molar-refractivity contribution in [3.63, 3.8) is 0 Å². The highest BCUT2D eigenvalue weighted by molar-refractivity contribution is 5.95. The molecule has 3 N–H and O–H groups in total. The smallest absolute Gasteiger partial charge is 0.294 e. The van der Waals surface area contributed by atoms with Gasteiger partial charge in [0.05, 0.1) is 10.6 Å². The van der Waals surface area contributed by atoms with Crippen LogP contribution in [0.3, 0.4) is 0 Å². The van der Waals surface area contributed by atoms with Crippen molar-refractivity contribution in [2.75, 3.05) is 23.7 Å². The van der Waals surface area contributed by atoms with Crippen LogP contribution < -0.4 is 16.0 Å². The molecule has 1 aromatic rings. The molecule has 0 unspecified atom stereocenters. The third-order valence-corrected chi connectivity index (χ3v) is 3.76. The van der Waals surface area contributed by atoms with Gasteiger partial charge < -0.3 is 16.0 Å². The minimum atomic E-state index is -0.419. The fraction of sp³-hybridized carbons (Fsp3) is 0.500. The van der Waals surface area contributed by atoms with Gasteiger partial charge in [0.1, 0.15) is 5.69 Å². The molecular weight excluding hydrogens is 272 g/mol. The number of benzene rings is 1. The summed E-state index contributed by atoms with van der Waals surface area (Å²) in [6.07, 6.45) is 3.49. The second-order valence-electron chi connectivity index (χ2n) is 5.49. The molecule has 0 aromatic heterocycles. The van der Waals surface area contributed by atoms with Gasteiger partial charge in [-0.3, -0.25) is 14.9 Å². The Morgan fingerprint density at radius 3 is 2.81 bits per heavy atom. The molecule has 0 atom stereocenters. The predicted molar refractivity (Wildman–Crippen MR) is 79.6 cm³/mol. The van der Waals surface area contributed by atoms with E-state index >= 15 is 0 Å². The Morgan fingerprint density at radius 2 is 2.10 bits per heavy atom. The van der Waals surface area contributed by atoms with Gasteiger partial charge in [-0.15, -0.1) is 0 Å². The minimum absolute atomic E-state index is 0.00220. The standard InChI is InChI=1S/C14H18N4O3/c19-14-4-1-9-7-12(16-6-5-15-10-2-3-10)13(18(20)21)8-11(9)17-14/h7-8,10,15-16H,1-6H2,(H,17,19). The second-order valence-corrected chi connectivity index (χ2v) is 5.49. The lowest BCUT2D eigenvalue weighted by Crippen LogP contribution is -2.24. The van der Waals surface area contributed by atoms with E-state index in [0.717, 1.165) is 12.1 Å². The van der Waals surface area contributed by atoms with E-state index < -0.39 is 4.92 Å². The molecule has 112 valence electrons. The normalized spacial score (nSPS) is 17.0. The van der Waals surface area contributed by atoms with E-state index in [1.807, 2.05) is 0 Å². The Balaban J connectivity index is 1.73. The number of nitro groups is 1. The summed E-state index contributed by atoms with van der Waals surface area (Å²) in [5.74, 6) is -0.0915. The molecule has 1 aliphatic heterocycles. The molecule has 0 spiro atoms. The molecule has 0 saturated heterocycles. The highest BCUT2D eigenvalue weighted by Gasteiger charge is 2.23. The molecule has 1 heterocycles. The number of hydrogen-bond acceptors (Lipinski definition) is 5. The Hall–Kier alpha value is -2.15. The van der Waals surface area contributed by atoms with E-state index in [1.165, 1.54) is 18.9 Å². The fourth-order valence-corrected chi connectivity index (χ4v) is 2.47. The first-order chi connectivity index (χ1) is 10.1. The summed E-state index contributed by atoms with van der Waals surface area (Å²) in [6, 6.07) is 3.85. The van der Waals surface area contributed by atoms with Gasteiger partial charge in [0, 0.05) is 31.6 Å². The van der Waals surface area contributed by atoms with Crippen molar-refractivity contribution in [2.24, 2.45) is 0 Å². The van der Waals surface area contributed by atoms with Gasteiger partial charge >= 0.3 is 0 Å². The summed E-state index contributed by atoms with van der Waals surface area (Å²) in [7, 11) is 0. The first kappa shape index (κ1) is 13.8. The number of fused-ring (bicyclic) bond motifs is 1. The molecule has 1 amide bonds. The summed E-state index contributed by atoms with van der Waals surface area (Å²) < 4.78 is 0. The summed E-state index contributed by atoms with van der Waals surface area (Å²) in [5, 5.41) is 20.3. The van der Waals surface area contributed by atoms with Crippen LogP contribution in [0.1, 0.15) is 24.8 Å². The monoisotopic (exact) mass is 290 g/mol. The van der Waals surface area contributed by atoms with Gasteiger partial charge in [-0.25, -0.2) is 0 Å². The number of carbonyl (C=O) groups excluding carboxylic acids is 1. The quantitative estimate of drug-likeness (QED) is 0.420. The highest BCUT2D eigenvalue weighted by atomic mass is 16.6. The number of rotatable bonds is 6. The van der Waals surface area contributed by atoms with Gasteiger partial charge in [0.15, 0.2) is 0 Å². The van der Waals surface area contributed by atoms with Crippen LogP contribution in [-0.2, 0) is 11.2 Å². The van der Waals surface area contributed by atoms with Gasteiger partial charge in [-0.2, -0.15) is 0 Å². The molecular formula is C14H18N4O3. The lowest BCUT2D eigenvalue weighted by atomic mass is 10.0. The van der Waals surface area contributed by atoms with Crippen LogP contribution in [0.5, 0.6) is 0 Å². The summed E-state index contributed by atoms with van der Waals surface area (Å²) in [4.78, 5) is 22.1. The molecule has 0 bridgehead atoms. The van der Waals surface area contributed by atoms with E-state index in [-0.39, 0.29) is 11.6 Å². The van der Waals surface area contributed by atoms with Crippen molar-refractivity contribution >= 4 is 23.0 Å². The van der Waals surface area contributed by atoms with Crippen LogP contribution in [0, 0.1) is 10.1 Å². The van der Waals surface area contributed by atoms with Gasteiger partial charge in [0.25, 0.3) is 5.69 Å². The number of nitrogens with zero attached hydrogens (tertiary/aromatic N) is 1. The maximum Gasteiger partial charge on any atom is 0.294 e. The van der Waals surface area contributed by atoms with Gasteiger partial charge in [-0.05, 0) is 30.9 Å². The summed E-state index contributed by atoms with van der Waals surface area (Å²) >= 11 is 0. The summed E-state index contributed by atoms with van der Waals surface area (Å²) in [6.45, 7) is 1.43. The average molecular weight is 290 g/mol. The van der Waals surface area contributed by atoms with E-state index in [0.29, 0.717) is 36.8 Å². The van der Waals surface area contributed by atoms with Crippen LogP contribution in [0.4, 0.5) is 17.1 Å². The van der Waals surface area contributed by atoms with Gasteiger partial charge in [-0.1, -0.05) is 0 Å². The molecule has 21 heavy (non-hydrogen) atoms. The maximum atomic E-state index is 11.4. The van der Waals surface area contributed by atoms with Crippen LogP contribution in [0.15, 0.2) is 12.1 Å². The van der Waals surface area contributed by atoms with E-state index in [9.17, 15) is 14.9 Å². The molecule has 1 aliphatic carbocycles. The zero-order chi connectivity index (χ0) is 14.8. The number of anilines is 2. The van der Waals surface area contributed by atoms with Crippen molar-refractivity contribution in [3.8, 4) is 0 Å². The van der Waals surface area contributed by atoms with Crippen molar-refractivity contribution < 1.29 is 9.72 Å². The molecule has 0 radical (unpaired) electrons. The lowest BCUT2D eigenvalue weighted by molar-refractivity contribution is -0.383. The van der Waals surface area contributed by atoms with E-state index in [2.05, 4.69) is 16.0 Å².